The molecule has 1 aliphatic carbocycles. The summed E-state index contributed by atoms with van der Waals surface area (Å²) in [5.41, 5.74) is 1.03. The van der Waals surface area contributed by atoms with E-state index in [4.69, 9.17) is 0 Å². The summed E-state index contributed by atoms with van der Waals surface area (Å²) in [4.78, 5) is 0.340. The van der Waals surface area contributed by atoms with Crippen LogP contribution in [0.3, 0.4) is 0 Å². The summed E-state index contributed by atoms with van der Waals surface area (Å²) in [6.45, 7) is 0.659. The van der Waals surface area contributed by atoms with Crippen LogP contribution in [0, 0.1) is 0 Å². The van der Waals surface area contributed by atoms with Crippen molar-refractivity contribution in [1.29, 1.82) is 0 Å². The zero-order chi connectivity index (χ0) is 13.2. The summed E-state index contributed by atoms with van der Waals surface area (Å²) in [5.74, 6) is 0. The van der Waals surface area contributed by atoms with Gasteiger partial charge in [0.05, 0.1) is 11.0 Å². The maximum atomic E-state index is 11.3. The lowest BCUT2D eigenvalue weighted by atomic mass is 10.2. The van der Waals surface area contributed by atoms with Crippen LogP contribution in [-0.2, 0) is 16.4 Å². The van der Waals surface area contributed by atoms with Crippen LogP contribution in [0.4, 0.5) is 0 Å². The SMILES string of the molecule is CS(=O)(=O)c1ccc(CNC2CCCC2O)cc1. The highest BCUT2D eigenvalue weighted by atomic mass is 32.2. The van der Waals surface area contributed by atoms with Gasteiger partial charge in [0, 0.05) is 18.8 Å². The molecule has 1 aliphatic rings. The van der Waals surface area contributed by atoms with E-state index in [2.05, 4.69) is 5.32 Å². The number of sulfone groups is 1. The van der Waals surface area contributed by atoms with Gasteiger partial charge in [-0.2, -0.15) is 0 Å². The van der Waals surface area contributed by atoms with E-state index in [0.717, 1.165) is 24.8 Å². The molecule has 18 heavy (non-hydrogen) atoms. The van der Waals surface area contributed by atoms with Gasteiger partial charge in [0.25, 0.3) is 0 Å². The zero-order valence-corrected chi connectivity index (χ0v) is 11.3. The largest absolute Gasteiger partial charge is 0.392 e. The Balaban J connectivity index is 1.94. The molecule has 0 heterocycles. The first kappa shape index (κ1) is 13.5. The molecule has 1 aromatic carbocycles. The summed E-state index contributed by atoms with van der Waals surface area (Å²) < 4.78 is 22.6. The molecule has 100 valence electrons. The molecule has 5 heteroatoms. The normalized spacial score (nSPS) is 24.3. The Bertz CT molecular complexity index is 495. The highest BCUT2D eigenvalue weighted by Crippen LogP contribution is 2.19. The first-order chi connectivity index (χ1) is 8.47. The Morgan fingerprint density at radius 2 is 1.94 bits per heavy atom. The molecule has 1 saturated carbocycles. The Kier molecular flexibility index (Phi) is 4.04. The molecular weight excluding hydrogens is 250 g/mol. The molecule has 0 radical (unpaired) electrons. The monoisotopic (exact) mass is 269 g/mol. The Hall–Kier alpha value is -0.910. The van der Waals surface area contributed by atoms with E-state index in [-0.39, 0.29) is 12.1 Å². The van der Waals surface area contributed by atoms with Crippen molar-refractivity contribution in [2.45, 2.75) is 42.8 Å². The fourth-order valence-electron chi connectivity index (χ4n) is 2.28. The molecule has 0 spiro atoms. The number of benzene rings is 1. The van der Waals surface area contributed by atoms with Gasteiger partial charge in [0.2, 0.25) is 0 Å². The third-order valence-electron chi connectivity index (χ3n) is 3.40. The lowest BCUT2D eigenvalue weighted by Gasteiger charge is -2.16. The van der Waals surface area contributed by atoms with Crippen molar-refractivity contribution in [3.05, 3.63) is 29.8 Å². The van der Waals surface area contributed by atoms with Gasteiger partial charge in [0.15, 0.2) is 9.84 Å². The summed E-state index contributed by atoms with van der Waals surface area (Å²) in [5, 5.41) is 13.0. The van der Waals surface area contributed by atoms with Crippen LogP contribution in [0.25, 0.3) is 0 Å². The van der Waals surface area contributed by atoms with Crippen LogP contribution in [0.15, 0.2) is 29.2 Å². The molecule has 0 amide bonds. The van der Waals surface area contributed by atoms with Crippen LogP contribution in [-0.4, -0.2) is 31.9 Å². The molecule has 0 aromatic heterocycles. The van der Waals surface area contributed by atoms with E-state index in [1.807, 2.05) is 12.1 Å². The van der Waals surface area contributed by atoms with Crippen molar-refractivity contribution >= 4 is 9.84 Å². The van der Waals surface area contributed by atoms with E-state index in [9.17, 15) is 13.5 Å². The number of aliphatic hydroxyl groups excluding tert-OH is 1. The van der Waals surface area contributed by atoms with Gasteiger partial charge in [-0.1, -0.05) is 12.1 Å². The standard InChI is InChI=1S/C13H19NO3S/c1-18(16,17)11-7-5-10(6-8-11)9-14-12-3-2-4-13(12)15/h5-8,12-15H,2-4,9H2,1H3. The van der Waals surface area contributed by atoms with E-state index in [1.165, 1.54) is 6.26 Å². The Labute approximate surface area is 108 Å². The third-order valence-corrected chi connectivity index (χ3v) is 4.53. The number of hydrogen-bond acceptors (Lipinski definition) is 4. The smallest absolute Gasteiger partial charge is 0.175 e. The molecule has 2 atom stereocenters. The predicted molar refractivity (Wildman–Crippen MR) is 70.0 cm³/mol. The minimum Gasteiger partial charge on any atom is -0.392 e. The fourth-order valence-corrected chi connectivity index (χ4v) is 2.91. The Morgan fingerprint density at radius 1 is 1.28 bits per heavy atom. The van der Waals surface area contributed by atoms with Gasteiger partial charge in [-0.15, -0.1) is 0 Å². The van der Waals surface area contributed by atoms with Crippen molar-refractivity contribution in [3.8, 4) is 0 Å². The number of hydrogen-bond donors (Lipinski definition) is 2. The molecule has 4 nitrogen and oxygen atoms in total. The average molecular weight is 269 g/mol. The van der Waals surface area contributed by atoms with Gasteiger partial charge in [-0.3, -0.25) is 0 Å². The van der Waals surface area contributed by atoms with Crippen molar-refractivity contribution in [1.82, 2.24) is 5.32 Å². The maximum Gasteiger partial charge on any atom is 0.175 e. The van der Waals surface area contributed by atoms with Crippen LogP contribution in [0.5, 0.6) is 0 Å². The Morgan fingerprint density at radius 3 is 2.44 bits per heavy atom. The van der Waals surface area contributed by atoms with Gasteiger partial charge in [0.1, 0.15) is 0 Å². The first-order valence-corrected chi connectivity index (χ1v) is 8.06. The number of nitrogens with one attached hydrogen (secondary N) is 1. The van der Waals surface area contributed by atoms with Crippen molar-refractivity contribution in [2.75, 3.05) is 6.26 Å². The van der Waals surface area contributed by atoms with E-state index < -0.39 is 9.84 Å². The van der Waals surface area contributed by atoms with Crippen LogP contribution < -0.4 is 5.32 Å². The zero-order valence-electron chi connectivity index (χ0n) is 10.5. The molecule has 2 unspecified atom stereocenters. The molecule has 1 fully saturated rings. The van der Waals surface area contributed by atoms with Gasteiger partial charge >= 0.3 is 0 Å². The van der Waals surface area contributed by atoms with Crippen molar-refractivity contribution in [2.24, 2.45) is 0 Å². The lowest BCUT2D eigenvalue weighted by molar-refractivity contribution is 0.148. The minimum absolute atomic E-state index is 0.166. The van der Waals surface area contributed by atoms with Gasteiger partial charge in [-0.25, -0.2) is 8.42 Å². The van der Waals surface area contributed by atoms with E-state index >= 15 is 0 Å². The molecule has 2 rings (SSSR count). The first-order valence-electron chi connectivity index (χ1n) is 6.17. The second-order valence-corrected chi connectivity index (χ2v) is 6.92. The van der Waals surface area contributed by atoms with Crippen LogP contribution >= 0.6 is 0 Å². The number of rotatable bonds is 4. The second kappa shape index (κ2) is 5.38. The molecule has 1 aromatic rings. The molecular formula is C13H19NO3S. The summed E-state index contributed by atoms with van der Waals surface area (Å²) in [6, 6.07) is 7.03. The van der Waals surface area contributed by atoms with Gasteiger partial charge in [-0.05, 0) is 37.0 Å². The summed E-state index contributed by atoms with van der Waals surface area (Å²) in [7, 11) is -3.12. The maximum absolute atomic E-state index is 11.3. The summed E-state index contributed by atoms with van der Waals surface area (Å²) >= 11 is 0. The van der Waals surface area contributed by atoms with Crippen LogP contribution in [0.2, 0.25) is 0 Å². The minimum atomic E-state index is -3.12. The molecule has 0 aliphatic heterocycles. The van der Waals surface area contributed by atoms with Crippen molar-refractivity contribution in [3.63, 3.8) is 0 Å². The fraction of sp³-hybridized carbons (Fsp3) is 0.538. The lowest BCUT2D eigenvalue weighted by Crippen LogP contribution is -2.35. The molecule has 2 N–H and O–H groups in total. The predicted octanol–water partition coefficient (Wildman–Crippen LogP) is 1.09. The summed E-state index contributed by atoms with van der Waals surface area (Å²) in [6.07, 6.45) is 3.88. The third kappa shape index (κ3) is 3.31. The molecule has 0 saturated heterocycles. The average Bonchev–Trinajstić information content (AvgIpc) is 2.72. The highest BCUT2D eigenvalue weighted by molar-refractivity contribution is 7.90. The number of aliphatic hydroxyl groups is 1. The highest BCUT2D eigenvalue weighted by Gasteiger charge is 2.24. The quantitative estimate of drug-likeness (QED) is 0.859. The van der Waals surface area contributed by atoms with Crippen LogP contribution in [0.1, 0.15) is 24.8 Å². The topological polar surface area (TPSA) is 66.4 Å². The van der Waals surface area contributed by atoms with E-state index in [1.54, 1.807) is 12.1 Å². The molecule has 0 bridgehead atoms. The second-order valence-electron chi connectivity index (χ2n) is 4.90. The van der Waals surface area contributed by atoms with Gasteiger partial charge < -0.3 is 10.4 Å². The van der Waals surface area contributed by atoms with E-state index in [0.29, 0.717) is 11.4 Å². The van der Waals surface area contributed by atoms with Crippen molar-refractivity contribution < 1.29 is 13.5 Å².